The Morgan fingerprint density at radius 3 is 1.96 bits per heavy atom. The summed E-state index contributed by atoms with van der Waals surface area (Å²) in [5.41, 5.74) is 7.77. The smallest absolute Gasteiger partial charge is 0.252 e. The van der Waals surface area contributed by atoms with Crippen LogP contribution in [0.25, 0.3) is 0 Å². The lowest BCUT2D eigenvalue weighted by Gasteiger charge is -2.33. The number of carbonyl (C=O) groups is 1. The summed E-state index contributed by atoms with van der Waals surface area (Å²) in [5, 5.41) is 3.29. The first kappa shape index (κ1) is 20.3. The Balaban J connectivity index is 1.69. The quantitative estimate of drug-likeness (QED) is 0.873. The van der Waals surface area contributed by atoms with Crippen LogP contribution in [0.3, 0.4) is 0 Å². The number of hydrogen-bond acceptors (Lipinski definition) is 4. The first-order chi connectivity index (χ1) is 13.2. The Kier molecular flexibility index (Phi) is 5.73. The van der Waals surface area contributed by atoms with E-state index in [9.17, 15) is 4.79 Å². The molecule has 0 atom stereocenters. The van der Waals surface area contributed by atoms with Crippen LogP contribution in [0, 0.1) is 48.5 Å². The van der Waals surface area contributed by atoms with Gasteiger partial charge in [0, 0.05) is 36.5 Å². The van der Waals surface area contributed by atoms with E-state index in [1.54, 1.807) is 0 Å². The van der Waals surface area contributed by atoms with Gasteiger partial charge in [-0.15, -0.1) is 0 Å². The Morgan fingerprint density at radius 1 is 0.893 bits per heavy atom. The third kappa shape index (κ3) is 3.89. The van der Waals surface area contributed by atoms with Crippen molar-refractivity contribution in [2.45, 2.75) is 67.3 Å². The highest BCUT2D eigenvalue weighted by Crippen LogP contribution is 2.26. The maximum Gasteiger partial charge on any atom is 0.252 e. The van der Waals surface area contributed by atoms with E-state index in [2.05, 4.69) is 54.8 Å². The predicted octanol–water partition coefficient (Wildman–Crippen LogP) is 4.03. The summed E-state index contributed by atoms with van der Waals surface area (Å²) in [7, 11) is 0. The number of amides is 1. The van der Waals surface area contributed by atoms with Gasteiger partial charge in [-0.2, -0.15) is 0 Å². The molecule has 3 rings (SSSR count). The number of rotatable bonds is 3. The van der Waals surface area contributed by atoms with Crippen LogP contribution < -0.4 is 10.2 Å². The number of carbonyl (C=O) groups excluding carboxylic acids is 1. The number of benzene rings is 1. The number of piperidine rings is 1. The van der Waals surface area contributed by atoms with Crippen LogP contribution in [-0.4, -0.2) is 35.0 Å². The molecule has 0 radical (unpaired) electrons. The third-order valence-electron chi connectivity index (χ3n) is 6.33. The van der Waals surface area contributed by atoms with Gasteiger partial charge < -0.3 is 10.2 Å². The SMILES string of the molecule is Cc1cc(N2CCC(NC(=O)c3c(C)c(C)c(C)c(C)c3C)CC2)nc(C)n1. The molecule has 1 aromatic heterocycles. The summed E-state index contributed by atoms with van der Waals surface area (Å²) in [4.78, 5) is 24.3. The van der Waals surface area contributed by atoms with Gasteiger partial charge in [0.05, 0.1) is 0 Å². The molecule has 1 amide bonds. The largest absolute Gasteiger partial charge is 0.356 e. The minimum absolute atomic E-state index is 0.0633. The van der Waals surface area contributed by atoms with Gasteiger partial charge in [0.25, 0.3) is 5.91 Å². The van der Waals surface area contributed by atoms with E-state index in [1.807, 2.05) is 19.9 Å². The Labute approximate surface area is 168 Å². The normalized spacial score (nSPS) is 15.0. The van der Waals surface area contributed by atoms with E-state index < -0.39 is 0 Å². The minimum atomic E-state index is 0.0633. The summed E-state index contributed by atoms with van der Waals surface area (Å²) < 4.78 is 0. The van der Waals surface area contributed by atoms with Gasteiger partial charge in [-0.25, -0.2) is 9.97 Å². The number of hydrogen-bond donors (Lipinski definition) is 1. The van der Waals surface area contributed by atoms with Crippen molar-refractivity contribution in [3.63, 3.8) is 0 Å². The lowest BCUT2D eigenvalue weighted by Crippen LogP contribution is -2.45. The number of nitrogens with one attached hydrogen (secondary N) is 1. The fourth-order valence-corrected chi connectivity index (χ4v) is 4.21. The zero-order chi connectivity index (χ0) is 20.6. The van der Waals surface area contributed by atoms with E-state index in [-0.39, 0.29) is 11.9 Å². The van der Waals surface area contributed by atoms with E-state index in [4.69, 9.17) is 0 Å². The Bertz CT molecular complexity index is 862. The molecule has 2 heterocycles. The fourth-order valence-electron chi connectivity index (χ4n) is 4.21. The standard InChI is InChI=1S/C23H32N4O/c1-13-12-21(25-19(7)24-13)27-10-8-20(9-11-27)26-23(28)22-17(5)15(3)14(2)16(4)18(22)6/h12,20H,8-11H2,1-7H3,(H,26,28). The van der Waals surface area contributed by atoms with Crippen LogP contribution in [0.5, 0.6) is 0 Å². The van der Waals surface area contributed by atoms with Gasteiger partial charge in [-0.05, 0) is 89.1 Å². The molecule has 1 aromatic carbocycles. The van der Waals surface area contributed by atoms with Crippen LogP contribution in [-0.2, 0) is 0 Å². The second-order valence-electron chi connectivity index (χ2n) is 8.15. The fraction of sp³-hybridized carbons (Fsp3) is 0.522. The van der Waals surface area contributed by atoms with Crippen molar-refractivity contribution in [3.05, 3.63) is 51.0 Å². The molecule has 1 saturated heterocycles. The molecule has 0 aliphatic carbocycles. The van der Waals surface area contributed by atoms with Crippen molar-refractivity contribution in [2.24, 2.45) is 0 Å². The molecule has 0 saturated carbocycles. The maximum absolute atomic E-state index is 13.1. The summed E-state index contributed by atoms with van der Waals surface area (Å²) >= 11 is 0. The highest BCUT2D eigenvalue weighted by molar-refractivity contribution is 5.98. The molecular weight excluding hydrogens is 348 g/mol. The topological polar surface area (TPSA) is 58.1 Å². The van der Waals surface area contributed by atoms with Gasteiger partial charge in [0.2, 0.25) is 0 Å². The monoisotopic (exact) mass is 380 g/mol. The second-order valence-corrected chi connectivity index (χ2v) is 8.15. The maximum atomic E-state index is 13.1. The molecule has 150 valence electrons. The summed E-state index contributed by atoms with van der Waals surface area (Å²) in [6.45, 7) is 16.2. The zero-order valence-electron chi connectivity index (χ0n) is 18.2. The van der Waals surface area contributed by atoms with E-state index >= 15 is 0 Å². The molecule has 5 heteroatoms. The first-order valence-corrected chi connectivity index (χ1v) is 10.1. The lowest BCUT2D eigenvalue weighted by atomic mass is 9.89. The Hall–Kier alpha value is -2.43. The average molecular weight is 381 g/mol. The number of nitrogens with zero attached hydrogens (tertiary/aromatic N) is 3. The predicted molar refractivity (Wildman–Crippen MR) is 114 cm³/mol. The molecule has 1 aliphatic rings. The Morgan fingerprint density at radius 2 is 1.43 bits per heavy atom. The zero-order valence-corrected chi connectivity index (χ0v) is 18.2. The molecule has 0 bridgehead atoms. The molecule has 2 aromatic rings. The van der Waals surface area contributed by atoms with Gasteiger partial charge in [-0.3, -0.25) is 4.79 Å². The highest BCUT2D eigenvalue weighted by Gasteiger charge is 2.24. The molecule has 5 nitrogen and oxygen atoms in total. The second kappa shape index (κ2) is 7.90. The van der Waals surface area contributed by atoms with E-state index in [0.29, 0.717) is 0 Å². The van der Waals surface area contributed by atoms with Gasteiger partial charge in [0.1, 0.15) is 11.6 Å². The molecule has 1 fully saturated rings. The molecule has 1 N–H and O–H groups in total. The van der Waals surface area contributed by atoms with Crippen LogP contribution in [0.2, 0.25) is 0 Å². The minimum Gasteiger partial charge on any atom is -0.356 e. The molecule has 0 spiro atoms. The van der Waals surface area contributed by atoms with E-state index in [1.165, 1.54) is 16.7 Å². The average Bonchev–Trinajstić information content (AvgIpc) is 2.65. The molecule has 28 heavy (non-hydrogen) atoms. The van der Waals surface area contributed by atoms with E-state index in [0.717, 1.165) is 60.0 Å². The van der Waals surface area contributed by atoms with Crippen molar-refractivity contribution in [2.75, 3.05) is 18.0 Å². The van der Waals surface area contributed by atoms with Crippen molar-refractivity contribution in [1.82, 2.24) is 15.3 Å². The molecule has 1 aliphatic heterocycles. The summed E-state index contributed by atoms with van der Waals surface area (Å²) in [6, 6.07) is 2.24. The number of aromatic nitrogens is 2. The number of aryl methyl sites for hydroxylation is 2. The lowest BCUT2D eigenvalue weighted by molar-refractivity contribution is 0.0929. The summed E-state index contributed by atoms with van der Waals surface area (Å²) in [5.74, 6) is 1.86. The van der Waals surface area contributed by atoms with Crippen LogP contribution in [0.1, 0.15) is 62.5 Å². The van der Waals surface area contributed by atoms with Gasteiger partial charge in [-0.1, -0.05) is 0 Å². The van der Waals surface area contributed by atoms with Crippen molar-refractivity contribution in [3.8, 4) is 0 Å². The third-order valence-corrected chi connectivity index (χ3v) is 6.33. The number of anilines is 1. The van der Waals surface area contributed by atoms with Crippen LogP contribution in [0.4, 0.5) is 5.82 Å². The molecular formula is C23H32N4O. The van der Waals surface area contributed by atoms with Crippen molar-refractivity contribution >= 4 is 11.7 Å². The van der Waals surface area contributed by atoms with Gasteiger partial charge >= 0.3 is 0 Å². The first-order valence-electron chi connectivity index (χ1n) is 10.1. The van der Waals surface area contributed by atoms with Crippen molar-refractivity contribution < 1.29 is 4.79 Å². The summed E-state index contributed by atoms with van der Waals surface area (Å²) in [6.07, 6.45) is 1.85. The highest BCUT2D eigenvalue weighted by atomic mass is 16.1. The van der Waals surface area contributed by atoms with Crippen LogP contribution >= 0.6 is 0 Å². The van der Waals surface area contributed by atoms with Gasteiger partial charge in [0.15, 0.2) is 0 Å². The van der Waals surface area contributed by atoms with Crippen molar-refractivity contribution in [1.29, 1.82) is 0 Å². The van der Waals surface area contributed by atoms with Crippen LogP contribution in [0.15, 0.2) is 6.07 Å². The molecule has 0 unspecified atom stereocenters.